The van der Waals surface area contributed by atoms with Gasteiger partial charge in [-0.15, -0.1) is 0 Å². The first-order valence-electron chi connectivity index (χ1n) is 12.8. The van der Waals surface area contributed by atoms with Gasteiger partial charge in [-0.2, -0.15) is 4.98 Å². The number of piperazine rings is 1. The summed E-state index contributed by atoms with van der Waals surface area (Å²) in [5.74, 6) is 0.0752. The number of likely N-dealkylation sites (N-methyl/N-ethyl adjacent to an activating group) is 1. The summed E-state index contributed by atoms with van der Waals surface area (Å²) >= 11 is 0. The lowest BCUT2D eigenvalue weighted by atomic mass is 10.1. The summed E-state index contributed by atoms with van der Waals surface area (Å²) in [5.41, 5.74) is 3.40. The van der Waals surface area contributed by atoms with Gasteiger partial charge in [-0.25, -0.2) is 14.2 Å². The summed E-state index contributed by atoms with van der Waals surface area (Å²) in [4.78, 5) is 26.4. The third-order valence-corrected chi connectivity index (χ3v) is 6.43. The maximum Gasteiger partial charge on any atom is 0.413 e. The number of aromatic nitrogens is 2. The molecule has 0 aliphatic carbocycles. The van der Waals surface area contributed by atoms with Crippen molar-refractivity contribution in [2.75, 3.05) is 56.6 Å². The second-order valence-corrected chi connectivity index (χ2v) is 9.72. The quantitative estimate of drug-likeness (QED) is 0.371. The number of nitrogens with zero attached hydrogens (tertiary/aromatic N) is 5. The normalized spacial score (nSPS) is 14.3. The summed E-state index contributed by atoms with van der Waals surface area (Å²) in [6.45, 7) is 9.68. The van der Waals surface area contributed by atoms with Crippen molar-refractivity contribution in [3.05, 3.63) is 71.2 Å². The molecule has 1 saturated heterocycles. The smallest absolute Gasteiger partial charge is 0.413 e. The van der Waals surface area contributed by atoms with Crippen molar-refractivity contribution in [3.8, 4) is 5.75 Å². The van der Waals surface area contributed by atoms with Crippen LogP contribution in [0.15, 0.2) is 48.7 Å². The molecule has 0 unspecified atom stereocenters. The van der Waals surface area contributed by atoms with Crippen molar-refractivity contribution in [2.45, 2.75) is 26.8 Å². The van der Waals surface area contributed by atoms with Gasteiger partial charge < -0.3 is 25.0 Å². The van der Waals surface area contributed by atoms with Crippen molar-refractivity contribution in [1.29, 1.82) is 0 Å². The lowest BCUT2D eigenvalue weighted by Gasteiger charge is -2.32. The zero-order chi connectivity index (χ0) is 27.1. The molecule has 1 aliphatic rings. The molecule has 9 nitrogen and oxygen atoms in total. The Morgan fingerprint density at radius 3 is 2.53 bits per heavy atom. The minimum absolute atomic E-state index is 0.143. The van der Waals surface area contributed by atoms with Gasteiger partial charge in [-0.05, 0) is 51.1 Å². The van der Waals surface area contributed by atoms with E-state index in [0.29, 0.717) is 12.3 Å². The summed E-state index contributed by atoms with van der Waals surface area (Å²) < 4.78 is 20.4. The summed E-state index contributed by atoms with van der Waals surface area (Å²) in [6.07, 6.45) is 1.16. The molecule has 3 aromatic rings. The fourth-order valence-electron chi connectivity index (χ4n) is 4.52. The van der Waals surface area contributed by atoms with Crippen LogP contribution in [0.1, 0.15) is 23.1 Å². The zero-order valence-corrected chi connectivity index (χ0v) is 22.2. The third kappa shape index (κ3) is 7.62. The zero-order valence-electron chi connectivity index (χ0n) is 22.2. The van der Waals surface area contributed by atoms with Crippen LogP contribution < -0.4 is 15.0 Å². The van der Waals surface area contributed by atoms with Gasteiger partial charge in [0.25, 0.3) is 0 Å². The molecule has 1 fully saturated rings. The van der Waals surface area contributed by atoms with Crippen LogP contribution in [-0.2, 0) is 6.54 Å². The van der Waals surface area contributed by atoms with E-state index in [4.69, 9.17) is 4.74 Å². The molecule has 2 heterocycles. The first-order chi connectivity index (χ1) is 18.3. The Balaban J connectivity index is 1.35. The molecule has 0 radical (unpaired) electrons. The molecule has 4 rings (SSSR count). The van der Waals surface area contributed by atoms with Crippen molar-refractivity contribution < 1.29 is 19.0 Å². The predicted octanol–water partition coefficient (Wildman–Crippen LogP) is 4.68. The first-order valence-corrected chi connectivity index (χ1v) is 12.8. The molecular formula is C28H35FN6O3. The number of aryl methyl sites for hydroxylation is 2. The minimum Gasteiger partial charge on any atom is -0.490 e. The molecule has 1 aliphatic heterocycles. The van der Waals surface area contributed by atoms with E-state index < -0.39 is 11.9 Å². The maximum atomic E-state index is 14.7. The fourth-order valence-corrected chi connectivity index (χ4v) is 4.52. The van der Waals surface area contributed by atoms with Crippen molar-refractivity contribution in [2.24, 2.45) is 0 Å². The summed E-state index contributed by atoms with van der Waals surface area (Å²) in [5, 5.41) is 12.8. The van der Waals surface area contributed by atoms with E-state index >= 15 is 0 Å². The Morgan fingerprint density at radius 1 is 1.11 bits per heavy atom. The molecular weight excluding hydrogens is 487 g/mol. The number of rotatable bonds is 10. The number of ether oxygens (including phenoxy) is 1. The van der Waals surface area contributed by atoms with Gasteiger partial charge in [0.05, 0.1) is 13.2 Å². The average Bonchev–Trinajstić information content (AvgIpc) is 2.87. The van der Waals surface area contributed by atoms with E-state index in [0.717, 1.165) is 60.7 Å². The summed E-state index contributed by atoms with van der Waals surface area (Å²) in [7, 11) is 2.13. The number of amides is 1. The number of nitrogens with one attached hydrogen (secondary N) is 1. The molecule has 2 N–H and O–H groups in total. The van der Waals surface area contributed by atoms with E-state index in [9.17, 15) is 14.3 Å². The highest BCUT2D eigenvalue weighted by molar-refractivity contribution is 5.84. The second kappa shape index (κ2) is 12.7. The second-order valence-electron chi connectivity index (χ2n) is 9.72. The highest BCUT2D eigenvalue weighted by Gasteiger charge is 2.18. The van der Waals surface area contributed by atoms with Crippen LogP contribution in [0.3, 0.4) is 0 Å². The van der Waals surface area contributed by atoms with Gasteiger partial charge in [0.15, 0.2) is 11.6 Å². The monoisotopic (exact) mass is 522 g/mol. The number of halogens is 1. The number of anilines is 3. The van der Waals surface area contributed by atoms with E-state index in [-0.39, 0.29) is 24.1 Å². The molecule has 1 aromatic heterocycles. The molecule has 2 aromatic carbocycles. The third-order valence-electron chi connectivity index (χ3n) is 6.43. The molecule has 0 bridgehead atoms. The standard InChI is InChI=1S/C28H35FN6O3/c1-20-15-21(2)17-22(16-20)19-35(28(36)37)26-7-8-30-27(32-26)31-23-5-6-25(24(29)18-23)38-14-4-9-34-12-10-33(3)11-13-34/h5-8,15-18H,4,9-14,19H2,1-3H3,(H,36,37)(H,30,31,32). The van der Waals surface area contributed by atoms with Gasteiger partial charge in [-0.3, -0.25) is 4.90 Å². The van der Waals surface area contributed by atoms with Crippen LogP contribution in [0.5, 0.6) is 5.75 Å². The molecule has 0 saturated carbocycles. The largest absolute Gasteiger partial charge is 0.490 e. The SMILES string of the molecule is Cc1cc(C)cc(CN(C(=O)O)c2ccnc(Nc3ccc(OCCCN4CCN(C)CC4)c(F)c3)n2)c1. The Labute approximate surface area is 222 Å². The van der Waals surface area contributed by atoms with E-state index in [1.165, 1.54) is 18.3 Å². The molecule has 202 valence electrons. The van der Waals surface area contributed by atoms with Crippen LogP contribution in [0, 0.1) is 19.7 Å². The lowest BCUT2D eigenvalue weighted by molar-refractivity contribution is 0.145. The molecule has 0 spiro atoms. The summed E-state index contributed by atoms with van der Waals surface area (Å²) in [6, 6.07) is 12.0. The Hall–Kier alpha value is -3.76. The Morgan fingerprint density at radius 2 is 1.84 bits per heavy atom. The highest BCUT2D eigenvalue weighted by Crippen LogP contribution is 2.24. The van der Waals surface area contributed by atoms with Gasteiger partial charge in [0.1, 0.15) is 5.82 Å². The fraction of sp³-hybridized carbons (Fsp3) is 0.393. The average molecular weight is 523 g/mol. The van der Waals surface area contributed by atoms with E-state index in [1.807, 2.05) is 32.0 Å². The maximum absolute atomic E-state index is 14.7. The van der Waals surface area contributed by atoms with Crippen molar-refractivity contribution >= 4 is 23.5 Å². The van der Waals surface area contributed by atoms with Crippen LogP contribution in [0.25, 0.3) is 0 Å². The molecule has 0 atom stereocenters. The highest BCUT2D eigenvalue weighted by atomic mass is 19.1. The van der Waals surface area contributed by atoms with Crippen LogP contribution in [0.4, 0.5) is 26.6 Å². The van der Waals surface area contributed by atoms with E-state index in [2.05, 4.69) is 32.1 Å². The number of hydrogen-bond donors (Lipinski definition) is 2. The molecule has 10 heteroatoms. The number of carbonyl (C=O) groups is 1. The predicted molar refractivity (Wildman–Crippen MR) is 146 cm³/mol. The van der Waals surface area contributed by atoms with E-state index in [1.54, 1.807) is 12.1 Å². The van der Waals surface area contributed by atoms with Gasteiger partial charge in [-0.1, -0.05) is 29.3 Å². The van der Waals surface area contributed by atoms with Crippen molar-refractivity contribution in [1.82, 2.24) is 19.8 Å². The van der Waals surface area contributed by atoms with Gasteiger partial charge in [0.2, 0.25) is 5.95 Å². The first kappa shape index (κ1) is 27.3. The number of benzene rings is 2. The van der Waals surface area contributed by atoms with Crippen LogP contribution in [0.2, 0.25) is 0 Å². The van der Waals surface area contributed by atoms with Crippen LogP contribution >= 0.6 is 0 Å². The minimum atomic E-state index is -1.13. The Bertz CT molecular complexity index is 1230. The lowest BCUT2D eigenvalue weighted by Crippen LogP contribution is -2.44. The van der Waals surface area contributed by atoms with Crippen molar-refractivity contribution in [3.63, 3.8) is 0 Å². The topological polar surface area (TPSA) is 94.1 Å². The van der Waals surface area contributed by atoms with Crippen LogP contribution in [-0.4, -0.2) is 77.3 Å². The number of hydrogen-bond acceptors (Lipinski definition) is 7. The molecule has 38 heavy (non-hydrogen) atoms. The van der Waals surface area contributed by atoms with Gasteiger partial charge >= 0.3 is 6.09 Å². The number of carboxylic acid groups (broad SMARTS) is 1. The van der Waals surface area contributed by atoms with Gasteiger partial charge in [0, 0.05) is 50.7 Å². The Kier molecular flexibility index (Phi) is 9.09. The molecule has 1 amide bonds.